The molecule has 0 aromatic heterocycles. The Hall–Kier alpha value is -0.260. The molecule has 11 heavy (non-hydrogen) atoms. The third-order valence-electron chi connectivity index (χ3n) is 2.96. The first-order valence-corrected chi connectivity index (χ1v) is 4.65. The fourth-order valence-electron chi connectivity index (χ4n) is 1.14. The molecule has 0 radical (unpaired) electrons. The second kappa shape index (κ2) is 3.94. The van der Waals surface area contributed by atoms with Crippen molar-refractivity contribution in [3.05, 3.63) is 12.2 Å². The van der Waals surface area contributed by atoms with E-state index >= 15 is 0 Å². The zero-order valence-corrected chi connectivity index (χ0v) is 8.70. The molecule has 0 saturated carbocycles. The lowest BCUT2D eigenvalue weighted by Gasteiger charge is -2.29. The second-order valence-electron chi connectivity index (χ2n) is 4.07. The highest BCUT2D eigenvalue weighted by Gasteiger charge is 2.22. The molecule has 0 aromatic rings. The predicted molar refractivity (Wildman–Crippen MR) is 52.7 cm³/mol. The van der Waals surface area contributed by atoms with Crippen molar-refractivity contribution in [1.82, 2.24) is 0 Å². The lowest BCUT2D eigenvalue weighted by molar-refractivity contribution is 0.379. The summed E-state index contributed by atoms with van der Waals surface area (Å²) in [5.41, 5.74) is 1.73. The van der Waals surface area contributed by atoms with E-state index in [2.05, 4.69) is 41.2 Å². The van der Waals surface area contributed by atoms with Gasteiger partial charge in [0.1, 0.15) is 0 Å². The molecule has 0 aliphatic carbocycles. The first-order valence-electron chi connectivity index (χ1n) is 4.65. The van der Waals surface area contributed by atoms with Crippen LogP contribution in [0.4, 0.5) is 0 Å². The van der Waals surface area contributed by atoms with E-state index in [4.69, 9.17) is 0 Å². The molecule has 1 unspecified atom stereocenters. The van der Waals surface area contributed by atoms with Crippen molar-refractivity contribution in [3.63, 3.8) is 0 Å². The average molecular weight is 154 g/mol. The smallest absolute Gasteiger partial charge is 0.0147 e. The average Bonchev–Trinajstić information content (AvgIpc) is 2.01. The van der Waals surface area contributed by atoms with E-state index in [0.29, 0.717) is 11.3 Å². The maximum absolute atomic E-state index is 4.17. The number of allylic oxidation sites excluding steroid dienone is 1. The van der Waals surface area contributed by atoms with E-state index < -0.39 is 0 Å². The maximum Gasteiger partial charge on any atom is -0.0147 e. The van der Waals surface area contributed by atoms with Crippen LogP contribution in [0.5, 0.6) is 0 Å². The van der Waals surface area contributed by atoms with Gasteiger partial charge in [0.2, 0.25) is 0 Å². The Kier molecular flexibility index (Phi) is 3.85. The van der Waals surface area contributed by atoms with Crippen molar-refractivity contribution in [1.29, 1.82) is 0 Å². The van der Waals surface area contributed by atoms with Crippen molar-refractivity contribution in [2.24, 2.45) is 11.3 Å². The Labute approximate surface area is 71.7 Å². The molecule has 0 fully saturated rings. The second-order valence-corrected chi connectivity index (χ2v) is 4.07. The van der Waals surface area contributed by atoms with Gasteiger partial charge in [-0.05, 0) is 24.2 Å². The van der Waals surface area contributed by atoms with Gasteiger partial charge in [-0.2, -0.15) is 0 Å². The highest BCUT2D eigenvalue weighted by Crippen LogP contribution is 2.34. The number of rotatable bonds is 4. The van der Waals surface area contributed by atoms with E-state index in [1.54, 1.807) is 0 Å². The lowest BCUT2D eigenvalue weighted by Crippen LogP contribution is -2.17. The van der Waals surface area contributed by atoms with Crippen LogP contribution < -0.4 is 0 Å². The van der Waals surface area contributed by atoms with Gasteiger partial charge in [-0.15, -0.1) is 0 Å². The Bertz CT molecular complexity index is 131. The van der Waals surface area contributed by atoms with E-state index in [9.17, 15) is 0 Å². The van der Waals surface area contributed by atoms with E-state index in [1.165, 1.54) is 18.4 Å². The molecule has 0 spiro atoms. The molecule has 0 heteroatoms. The first-order chi connectivity index (χ1) is 4.95. The van der Waals surface area contributed by atoms with Gasteiger partial charge in [-0.3, -0.25) is 0 Å². The quantitative estimate of drug-likeness (QED) is 0.536. The summed E-state index contributed by atoms with van der Waals surface area (Å²) in [5, 5.41) is 0. The summed E-state index contributed by atoms with van der Waals surface area (Å²) < 4.78 is 0. The highest BCUT2D eigenvalue weighted by molar-refractivity contribution is 5.09. The van der Waals surface area contributed by atoms with Gasteiger partial charge in [0.25, 0.3) is 0 Å². The van der Waals surface area contributed by atoms with Crippen molar-refractivity contribution < 1.29 is 0 Å². The minimum Gasteiger partial charge on any atom is -0.0991 e. The monoisotopic (exact) mass is 154 g/mol. The van der Waals surface area contributed by atoms with Crippen LogP contribution in [0.3, 0.4) is 0 Å². The summed E-state index contributed by atoms with van der Waals surface area (Å²) in [6.45, 7) is 15.4. The molecule has 1 atom stereocenters. The van der Waals surface area contributed by atoms with Crippen LogP contribution in [0.1, 0.15) is 47.5 Å². The maximum atomic E-state index is 4.17. The third kappa shape index (κ3) is 2.69. The molecule has 0 N–H and O–H groups in total. The van der Waals surface area contributed by atoms with Crippen LogP contribution in [-0.2, 0) is 0 Å². The van der Waals surface area contributed by atoms with Crippen molar-refractivity contribution in [2.45, 2.75) is 47.5 Å². The molecule has 0 aliphatic rings. The summed E-state index contributed by atoms with van der Waals surface area (Å²) in [5.74, 6) is 0.671. The zero-order valence-electron chi connectivity index (χ0n) is 8.70. The molecule has 0 heterocycles. The Morgan fingerprint density at radius 1 is 1.36 bits per heavy atom. The minimum absolute atomic E-state index is 0.329. The Balaban J connectivity index is 4.23. The van der Waals surface area contributed by atoms with Gasteiger partial charge in [-0.25, -0.2) is 0 Å². The molecule has 66 valence electrons. The Morgan fingerprint density at radius 2 is 1.82 bits per heavy atom. The molecule has 0 aromatic carbocycles. The van der Waals surface area contributed by atoms with Gasteiger partial charge in [0, 0.05) is 0 Å². The van der Waals surface area contributed by atoms with Gasteiger partial charge in [0.05, 0.1) is 0 Å². The lowest BCUT2D eigenvalue weighted by atomic mass is 9.76. The SMILES string of the molecule is C=C(C(C)CC)C(C)(C)CC. The van der Waals surface area contributed by atoms with Gasteiger partial charge in [0.15, 0.2) is 0 Å². The Morgan fingerprint density at radius 3 is 2.09 bits per heavy atom. The summed E-state index contributed by atoms with van der Waals surface area (Å²) >= 11 is 0. The van der Waals surface area contributed by atoms with Gasteiger partial charge >= 0.3 is 0 Å². The topological polar surface area (TPSA) is 0 Å². The summed E-state index contributed by atoms with van der Waals surface area (Å²) in [6.07, 6.45) is 2.40. The van der Waals surface area contributed by atoms with Crippen LogP contribution in [0.25, 0.3) is 0 Å². The predicted octanol–water partition coefficient (Wildman–Crippen LogP) is 4.02. The standard InChI is InChI=1S/C11H22/c1-7-9(3)10(4)11(5,6)8-2/h9H,4,7-8H2,1-3,5-6H3. The van der Waals surface area contributed by atoms with E-state index in [1.807, 2.05) is 0 Å². The highest BCUT2D eigenvalue weighted by atomic mass is 14.3. The summed E-state index contributed by atoms with van der Waals surface area (Å²) in [6, 6.07) is 0. The molecular formula is C11H22. The zero-order chi connectivity index (χ0) is 9.07. The van der Waals surface area contributed by atoms with Crippen LogP contribution >= 0.6 is 0 Å². The van der Waals surface area contributed by atoms with Crippen molar-refractivity contribution in [2.75, 3.05) is 0 Å². The molecule has 0 aliphatic heterocycles. The molecule has 0 amide bonds. The largest absolute Gasteiger partial charge is 0.0991 e. The fourth-order valence-corrected chi connectivity index (χ4v) is 1.14. The third-order valence-corrected chi connectivity index (χ3v) is 2.96. The number of hydrogen-bond acceptors (Lipinski definition) is 0. The van der Waals surface area contributed by atoms with Crippen LogP contribution in [0.15, 0.2) is 12.2 Å². The van der Waals surface area contributed by atoms with Crippen molar-refractivity contribution in [3.8, 4) is 0 Å². The molecule has 0 saturated heterocycles. The van der Waals surface area contributed by atoms with Crippen LogP contribution in [0.2, 0.25) is 0 Å². The molecule has 0 rings (SSSR count). The molecule has 0 bridgehead atoms. The van der Waals surface area contributed by atoms with Crippen LogP contribution in [0, 0.1) is 11.3 Å². The van der Waals surface area contributed by atoms with Gasteiger partial charge < -0.3 is 0 Å². The summed E-state index contributed by atoms with van der Waals surface area (Å²) in [4.78, 5) is 0. The minimum atomic E-state index is 0.329. The van der Waals surface area contributed by atoms with E-state index in [-0.39, 0.29) is 0 Å². The number of hydrogen-bond donors (Lipinski definition) is 0. The van der Waals surface area contributed by atoms with E-state index in [0.717, 1.165) is 0 Å². The molecular weight excluding hydrogens is 132 g/mol. The van der Waals surface area contributed by atoms with Crippen molar-refractivity contribution >= 4 is 0 Å². The van der Waals surface area contributed by atoms with Crippen LogP contribution in [-0.4, -0.2) is 0 Å². The molecule has 0 nitrogen and oxygen atoms in total. The first kappa shape index (κ1) is 10.7. The normalized spacial score (nSPS) is 14.6. The summed E-state index contributed by atoms with van der Waals surface area (Å²) in [7, 11) is 0. The fraction of sp³-hybridized carbons (Fsp3) is 0.818. The van der Waals surface area contributed by atoms with Gasteiger partial charge in [-0.1, -0.05) is 46.8 Å².